The third kappa shape index (κ3) is 2.26. The lowest BCUT2D eigenvalue weighted by Crippen LogP contribution is -2.33. The van der Waals surface area contributed by atoms with E-state index in [9.17, 15) is 18.0 Å². The summed E-state index contributed by atoms with van der Waals surface area (Å²) in [5, 5.41) is 0. The molecule has 1 unspecified atom stereocenters. The van der Waals surface area contributed by atoms with Gasteiger partial charge in [-0.2, -0.15) is 13.2 Å². The Morgan fingerprint density at radius 2 is 1.78 bits per heavy atom. The number of nitrogens with zero attached hydrogens (tertiary/aromatic N) is 1. The van der Waals surface area contributed by atoms with Crippen LogP contribution in [0.3, 0.4) is 0 Å². The maximum atomic E-state index is 12.9. The van der Waals surface area contributed by atoms with Gasteiger partial charge in [0.15, 0.2) is 0 Å². The lowest BCUT2D eigenvalue weighted by molar-refractivity contribution is -0.179. The number of aromatic amines is 2. The molecule has 18 heavy (non-hydrogen) atoms. The van der Waals surface area contributed by atoms with Gasteiger partial charge in [-0.05, 0) is 31.8 Å². The Morgan fingerprint density at radius 3 is 2.33 bits per heavy atom. The van der Waals surface area contributed by atoms with Gasteiger partial charge in [0, 0.05) is 0 Å². The molecule has 4 nitrogen and oxygen atoms in total. The van der Waals surface area contributed by atoms with Gasteiger partial charge >= 0.3 is 11.9 Å². The molecule has 0 saturated carbocycles. The third-order valence-electron chi connectivity index (χ3n) is 2.68. The van der Waals surface area contributed by atoms with Crippen molar-refractivity contribution in [2.75, 3.05) is 14.1 Å². The lowest BCUT2D eigenvalue weighted by Gasteiger charge is -2.26. The van der Waals surface area contributed by atoms with Gasteiger partial charge in [0.05, 0.1) is 11.0 Å². The predicted octanol–water partition coefficient (Wildman–Crippen LogP) is 2.02. The quantitative estimate of drug-likeness (QED) is 0.867. The highest BCUT2D eigenvalue weighted by Crippen LogP contribution is 2.36. The average Bonchev–Trinajstić information content (AvgIpc) is 2.54. The first-order chi connectivity index (χ1) is 8.29. The first kappa shape index (κ1) is 12.7. The minimum absolute atomic E-state index is 0.0928. The van der Waals surface area contributed by atoms with Crippen molar-refractivity contribution in [2.45, 2.75) is 12.2 Å². The minimum Gasteiger partial charge on any atom is -0.306 e. The molecule has 0 saturated heterocycles. The number of benzene rings is 1. The van der Waals surface area contributed by atoms with Gasteiger partial charge in [-0.25, -0.2) is 4.79 Å². The van der Waals surface area contributed by atoms with Gasteiger partial charge in [0.25, 0.3) is 0 Å². The summed E-state index contributed by atoms with van der Waals surface area (Å²) < 4.78 is 38.8. The monoisotopic (exact) mass is 259 g/mol. The summed E-state index contributed by atoms with van der Waals surface area (Å²) in [6.07, 6.45) is -4.37. The summed E-state index contributed by atoms with van der Waals surface area (Å²) in [6, 6.07) is 2.47. The zero-order valence-electron chi connectivity index (χ0n) is 9.80. The van der Waals surface area contributed by atoms with E-state index < -0.39 is 17.9 Å². The molecular formula is C11H12F3N3O. The fraction of sp³-hybridized carbons (Fsp3) is 0.364. The molecule has 0 aliphatic rings. The van der Waals surface area contributed by atoms with E-state index in [1.165, 1.54) is 32.3 Å². The molecule has 2 aromatic rings. The molecule has 0 aliphatic carbocycles. The molecule has 0 aliphatic heterocycles. The number of nitrogens with one attached hydrogen (secondary N) is 2. The van der Waals surface area contributed by atoms with Crippen LogP contribution >= 0.6 is 0 Å². The van der Waals surface area contributed by atoms with Crippen molar-refractivity contribution in [1.82, 2.24) is 14.9 Å². The highest BCUT2D eigenvalue weighted by Gasteiger charge is 2.42. The number of aromatic nitrogens is 2. The Bertz CT molecular complexity index is 612. The fourth-order valence-electron chi connectivity index (χ4n) is 2.00. The molecule has 0 amide bonds. The normalized spacial score (nSPS) is 14.3. The maximum Gasteiger partial charge on any atom is 0.408 e. The smallest absolute Gasteiger partial charge is 0.306 e. The van der Waals surface area contributed by atoms with Crippen LogP contribution in [0.5, 0.6) is 0 Å². The Hall–Kier alpha value is -1.76. The van der Waals surface area contributed by atoms with Crippen LogP contribution in [0.15, 0.2) is 23.0 Å². The Balaban J connectivity index is 2.54. The van der Waals surface area contributed by atoms with Crippen LogP contribution in [-0.4, -0.2) is 35.1 Å². The van der Waals surface area contributed by atoms with E-state index in [4.69, 9.17) is 0 Å². The van der Waals surface area contributed by atoms with Gasteiger partial charge in [-0.15, -0.1) is 0 Å². The van der Waals surface area contributed by atoms with Crippen LogP contribution < -0.4 is 5.69 Å². The molecule has 0 fully saturated rings. The van der Waals surface area contributed by atoms with Crippen molar-refractivity contribution in [3.8, 4) is 0 Å². The Labute approximate surface area is 100 Å². The number of hydrogen-bond donors (Lipinski definition) is 2. The van der Waals surface area contributed by atoms with Crippen molar-refractivity contribution < 1.29 is 13.2 Å². The van der Waals surface area contributed by atoms with Gasteiger partial charge < -0.3 is 9.97 Å². The predicted molar refractivity (Wildman–Crippen MR) is 61.4 cm³/mol. The summed E-state index contributed by atoms with van der Waals surface area (Å²) in [6.45, 7) is 0. The highest BCUT2D eigenvalue weighted by atomic mass is 19.4. The molecular weight excluding hydrogens is 247 g/mol. The van der Waals surface area contributed by atoms with Crippen LogP contribution in [0.25, 0.3) is 11.0 Å². The van der Waals surface area contributed by atoms with Crippen LogP contribution in [0, 0.1) is 0 Å². The molecule has 98 valence electrons. The van der Waals surface area contributed by atoms with Crippen molar-refractivity contribution >= 4 is 11.0 Å². The van der Waals surface area contributed by atoms with E-state index in [0.717, 1.165) is 4.90 Å². The second kappa shape index (κ2) is 4.16. The average molecular weight is 259 g/mol. The van der Waals surface area contributed by atoms with Gasteiger partial charge in [0.2, 0.25) is 0 Å². The maximum absolute atomic E-state index is 12.9. The minimum atomic E-state index is -4.37. The second-order valence-electron chi connectivity index (χ2n) is 4.29. The van der Waals surface area contributed by atoms with Crippen LogP contribution in [0.1, 0.15) is 11.6 Å². The zero-order valence-corrected chi connectivity index (χ0v) is 9.80. The first-order valence-corrected chi connectivity index (χ1v) is 5.24. The van der Waals surface area contributed by atoms with Crippen molar-refractivity contribution in [1.29, 1.82) is 0 Å². The van der Waals surface area contributed by atoms with Crippen molar-refractivity contribution in [3.05, 3.63) is 34.2 Å². The van der Waals surface area contributed by atoms with Gasteiger partial charge in [-0.1, -0.05) is 6.07 Å². The molecule has 0 bridgehead atoms. The van der Waals surface area contributed by atoms with Crippen molar-refractivity contribution in [3.63, 3.8) is 0 Å². The molecule has 2 N–H and O–H groups in total. The third-order valence-corrected chi connectivity index (χ3v) is 2.68. The molecule has 2 rings (SSSR count). The summed E-state index contributed by atoms with van der Waals surface area (Å²) in [5.74, 6) is 0. The largest absolute Gasteiger partial charge is 0.408 e. The van der Waals surface area contributed by atoms with E-state index >= 15 is 0 Å². The first-order valence-electron chi connectivity index (χ1n) is 5.24. The summed E-state index contributed by atoms with van der Waals surface area (Å²) in [4.78, 5) is 17.1. The number of hydrogen-bond acceptors (Lipinski definition) is 2. The Kier molecular flexibility index (Phi) is 2.94. The van der Waals surface area contributed by atoms with Crippen LogP contribution in [-0.2, 0) is 0 Å². The number of alkyl halides is 3. The van der Waals surface area contributed by atoms with Crippen molar-refractivity contribution in [2.24, 2.45) is 0 Å². The van der Waals surface area contributed by atoms with Crippen LogP contribution in [0.4, 0.5) is 13.2 Å². The van der Waals surface area contributed by atoms with E-state index in [1.54, 1.807) is 0 Å². The fourth-order valence-corrected chi connectivity index (χ4v) is 2.00. The highest BCUT2D eigenvalue weighted by molar-refractivity contribution is 5.75. The van der Waals surface area contributed by atoms with E-state index in [1.807, 2.05) is 0 Å². The van der Waals surface area contributed by atoms with Crippen LogP contribution in [0.2, 0.25) is 0 Å². The zero-order chi connectivity index (χ0) is 13.5. The number of H-pyrrole nitrogens is 2. The molecule has 1 aromatic carbocycles. The lowest BCUT2D eigenvalue weighted by atomic mass is 10.0. The molecule has 1 aromatic heterocycles. The standard InChI is InChI=1S/C11H12F3N3O/c1-17(2)9(11(12,13)14)6-3-4-7-8(5-6)16-10(18)15-7/h3-5,9H,1-2H3,(H2,15,16,18). The number of halogens is 3. The Morgan fingerprint density at radius 1 is 1.17 bits per heavy atom. The van der Waals surface area contributed by atoms with Gasteiger partial charge in [-0.3, -0.25) is 4.90 Å². The molecule has 7 heteroatoms. The molecule has 0 radical (unpaired) electrons. The topological polar surface area (TPSA) is 51.9 Å². The summed E-state index contributed by atoms with van der Waals surface area (Å²) in [7, 11) is 2.73. The van der Waals surface area contributed by atoms with E-state index in [-0.39, 0.29) is 5.56 Å². The van der Waals surface area contributed by atoms with Gasteiger partial charge in [0.1, 0.15) is 6.04 Å². The SMILES string of the molecule is CN(C)C(c1ccc2[nH]c(=O)[nH]c2c1)C(F)(F)F. The summed E-state index contributed by atoms with van der Waals surface area (Å²) >= 11 is 0. The summed E-state index contributed by atoms with van der Waals surface area (Å²) in [5.41, 5.74) is 0.517. The second-order valence-corrected chi connectivity index (χ2v) is 4.29. The number of fused-ring (bicyclic) bond motifs is 1. The molecule has 1 atom stereocenters. The molecule has 0 spiro atoms. The number of rotatable bonds is 2. The molecule has 1 heterocycles. The van der Waals surface area contributed by atoms with E-state index in [0.29, 0.717) is 11.0 Å². The number of imidazole rings is 1. The van der Waals surface area contributed by atoms with E-state index in [2.05, 4.69) is 9.97 Å².